The minimum atomic E-state index is -2.89. The smallest absolute Gasteiger partial charge is 0.152 e. The van der Waals surface area contributed by atoms with Crippen LogP contribution in [0, 0.1) is 0 Å². The summed E-state index contributed by atoms with van der Waals surface area (Å²) in [4.78, 5) is 0. The lowest BCUT2D eigenvalue weighted by atomic mass is 10.1. The molecule has 1 unspecified atom stereocenters. The van der Waals surface area contributed by atoms with E-state index in [1.165, 1.54) is 6.33 Å². The lowest BCUT2D eigenvalue weighted by Gasteiger charge is -2.24. The van der Waals surface area contributed by atoms with E-state index in [0.29, 0.717) is 5.75 Å². The minimum Gasteiger partial charge on any atom is -0.381 e. The van der Waals surface area contributed by atoms with Crippen molar-refractivity contribution < 1.29 is 8.42 Å². The van der Waals surface area contributed by atoms with E-state index in [9.17, 15) is 8.42 Å². The van der Waals surface area contributed by atoms with Gasteiger partial charge in [0.05, 0.1) is 17.2 Å². The normalized spacial score (nSPS) is 21.5. The number of nitrogens with one attached hydrogen (secondary N) is 1. The number of hydrogen-bond donors (Lipinski definition) is 1. The molecule has 20 heavy (non-hydrogen) atoms. The van der Waals surface area contributed by atoms with Crippen LogP contribution in [0.3, 0.4) is 0 Å². The van der Waals surface area contributed by atoms with Crippen molar-refractivity contribution in [1.29, 1.82) is 0 Å². The monoisotopic (exact) mass is 293 g/mol. The van der Waals surface area contributed by atoms with Gasteiger partial charge >= 0.3 is 0 Å². The molecule has 0 radical (unpaired) electrons. The summed E-state index contributed by atoms with van der Waals surface area (Å²) in [6.45, 7) is 0. The summed E-state index contributed by atoms with van der Waals surface area (Å²) in [6, 6.07) is 7.57. The number of hydrogen-bond acceptors (Lipinski definition) is 6. The van der Waals surface area contributed by atoms with Gasteiger partial charge in [0, 0.05) is 11.7 Å². The molecule has 0 spiro atoms. The Kier molecular flexibility index (Phi) is 3.39. The Morgan fingerprint density at radius 1 is 1.25 bits per heavy atom. The SMILES string of the molecule is O=S1(=O)CCCC(Nc2ccc(-n3cnnn3)cc2)C1. The van der Waals surface area contributed by atoms with Crippen LogP contribution in [0.2, 0.25) is 0 Å². The second kappa shape index (κ2) is 5.20. The van der Waals surface area contributed by atoms with Gasteiger partial charge in [-0.1, -0.05) is 0 Å². The zero-order valence-corrected chi connectivity index (χ0v) is 11.6. The summed E-state index contributed by atoms with van der Waals surface area (Å²) in [5.74, 6) is 0.519. The Morgan fingerprint density at radius 2 is 2.05 bits per heavy atom. The predicted octanol–water partition coefficient (Wildman–Crippen LogP) is 0.651. The Balaban J connectivity index is 1.69. The van der Waals surface area contributed by atoms with Crippen LogP contribution >= 0.6 is 0 Å². The van der Waals surface area contributed by atoms with Gasteiger partial charge in [0.1, 0.15) is 6.33 Å². The van der Waals surface area contributed by atoms with E-state index in [2.05, 4.69) is 20.8 Å². The van der Waals surface area contributed by atoms with Gasteiger partial charge in [0.2, 0.25) is 0 Å². The third-order valence-electron chi connectivity index (χ3n) is 3.31. The summed E-state index contributed by atoms with van der Waals surface area (Å²) >= 11 is 0. The fraction of sp³-hybridized carbons (Fsp3) is 0.417. The second-order valence-electron chi connectivity index (χ2n) is 4.90. The molecule has 7 nitrogen and oxygen atoms in total. The highest BCUT2D eigenvalue weighted by Gasteiger charge is 2.24. The van der Waals surface area contributed by atoms with Crippen LogP contribution in [0.15, 0.2) is 30.6 Å². The van der Waals surface area contributed by atoms with Crippen molar-refractivity contribution in [1.82, 2.24) is 20.2 Å². The van der Waals surface area contributed by atoms with Gasteiger partial charge in [0.15, 0.2) is 9.84 Å². The maximum atomic E-state index is 11.6. The third kappa shape index (κ3) is 2.96. The van der Waals surface area contributed by atoms with Crippen molar-refractivity contribution in [2.45, 2.75) is 18.9 Å². The quantitative estimate of drug-likeness (QED) is 0.893. The number of tetrazole rings is 1. The summed E-state index contributed by atoms with van der Waals surface area (Å²) in [7, 11) is -2.89. The molecule has 2 heterocycles. The van der Waals surface area contributed by atoms with E-state index in [0.717, 1.165) is 24.2 Å². The molecule has 1 N–H and O–H groups in total. The average Bonchev–Trinajstić information content (AvgIpc) is 2.92. The molecule has 1 aromatic heterocycles. The van der Waals surface area contributed by atoms with Crippen molar-refractivity contribution in [2.75, 3.05) is 16.8 Å². The lowest BCUT2D eigenvalue weighted by molar-refractivity contribution is 0.562. The summed E-state index contributed by atoms with van der Waals surface area (Å²) in [5, 5.41) is 14.2. The maximum Gasteiger partial charge on any atom is 0.152 e. The molecule has 1 aliphatic heterocycles. The summed E-state index contributed by atoms with van der Waals surface area (Å²) in [6.07, 6.45) is 3.13. The molecule has 0 saturated carbocycles. The van der Waals surface area contributed by atoms with E-state index < -0.39 is 9.84 Å². The lowest BCUT2D eigenvalue weighted by Crippen LogP contribution is -2.34. The van der Waals surface area contributed by atoms with Crippen molar-refractivity contribution in [2.24, 2.45) is 0 Å². The molecule has 2 aromatic rings. The van der Waals surface area contributed by atoms with Crippen LogP contribution in [0.4, 0.5) is 5.69 Å². The number of sulfone groups is 1. The Hall–Kier alpha value is -1.96. The fourth-order valence-electron chi connectivity index (χ4n) is 2.36. The van der Waals surface area contributed by atoms with E-state index in [1.807, 2.05) is 24.3 Å². The highest BCUT2D eigenvalue weighted by atomic mass is 32.2. The Morgan fingerprint density at radius 3 is 2.70 bits per heavy atom. The molecular formula is C12H15N5O2S. The number of nitrogens with zero attached hydrogens (tertiary/aromatic N) is 4. The molecular weight excluding hydrogens is 278 g/mol. The van der Waals surface area contributed by atoms with Gasteiger partial charge < -0.3 is 5.32 Å². The van der Waals surface area contributed by atoms with Crippen molar-refractivity contribution in [3.05, 3.63) is 30.6 Å². The van der Waals surface area contributed by atoms with Crippen LogP contribution in [0.25, 0.3) is 5.69 Å². The fourth-order valence-corrected chi connectivity index (χ4v) is 4.00. The molecule has 0 bridgehead atoms. The number of rotatable bonds is 3. The largest absolute Gasteiger partial charge is 0.381 e. The molecule has 0 aliphatic carbocycles. The third-order valence-corrected chi connectivity index (χ3v) is 5.14. The Bertz CT molecular complexity index is 666. The van der Waals surface area contributed by atoms with Crippen LogP contribution in [0.5, 0.6) is 0 Å². The molecule has 1 aromatic carbocycles. The zero-order chi connectivity index (χ0) is 14.0. The standard InChI is InChI=1S/C12H15N5O2S/c18-20(19)7-1-2-11(8-20)14-10-3-5-12(6-4-10)17-9-13-15-16-17/h3-6,9,11,14H,1-2,7-8H2. The first kappa shape index (κ1) is 13.0. The zero-order valence-electron chi connectivity index (χ0n) is 10.8. The molecule has 0 amide bonds. The Labute approximate surface area is 116 Å². The van der Waals surface area contributed by atoms with Gasteiger partial charge in [-0.2, -0.15) is 0 Å². The van der Waals surface area contributed by atoms with Gasteiger partial charge in [-0.15, -0.1) is 5.10 Å². The van der Waals surface area contributed by atoms with Crippen LogP contribution < -0.4 is 5.32 Å². The van der Waals surface area contributed by atoms with Gasteiger partial charge in [-0.05, 0) is 47.5 Å². The van der Waals surface area contributed by atoms with Gasteiger partial charge in [0.25, 0.3) is 0 Å². The van der Waals surface area contributed by atoms with E-state index >= 15 is 0 Å². The highest BCUT2D eigenvalue weighted by Crippen LogP contribution is 2.18. The first-order valence-corrected chi connectivity index (χ1v) is 8.25. The van der Waals surface area contributed by atoms with E-state index in [-0.39, 0.29) is 11.8 Å². The summed E-state index contributed by atoms with van der Waals surface area (Å²) in [5.41, 5.74) is 1.76. The first-order chi connectivity index (χ1) is 9.62. The molecule has 3 rings (SSSR count). The number of benzene rings is 1. The molecule has 8 heteroatoms. The van der Waals surface area contributed by atoms with Crippen LogP contribution in [0.1, 0.15) is 12.8 Å². The maximum absolute atomic E-state index is 11.6. The van der Waals surface area contributed by atoms with Gasteiger partial charge in [-0.25, -0.2) is 13.1 Å². The summed E-state index contributed by atoms with van der Waals surface area (Å²) < 4.78 is 24.8. The molecule has 1 aliphatic rings. The van der Waals surface area contributed by atoms with E-state index in [4.69, 9.17) is 0 Å². The molecule has 1 fully saturated rings. The van der Waals surface area contributed by atoms with Crippen LogP contribution in [-0.4, -0.2) is 46.2 Å². The molecule has 1 atom stereocenters. The van der Waals surface area contributed by atoms with Crippen molar-refractivity contribution in [3.63, 3.8) is 0 Å². The highest BCUT2D eigenvalue weighted by molar-refractivity contribution is 7.91. The van der Waals surface area contributed by atoms with E-state index in [1.54, 1.807) is 4.68 Å². The molecule has 106 valence electrons. The average molecular weight is 293 g/mol. The number of anilines is 1. The second-order valence-corrected chi connectivity index (χ2v) is 7.13. The van der Waals surface area contributed by atoms with Crippen molar-refractivity contribution >= 4 is 15.5 Å². The van der Waals surface area contributed by atoms with Crippen molar-refractivity contribution in [3.8, 4) is 5.69 Å². The first-order valence-electron chi connectivity index (χ1n) is 6.43. The molecule has 1 saturated heterocycles. The van der Waals surface area contributed by atoms with Crippen LogP contribution in [-0.2, 0) is 9.84 Å². The number of aromatic nitrogens is 4. The topological polar surface area (TPSA) is 89.8 Å². The van der Waals surface area contributed by atoms with Gasteiger partial charge in [-0.3, -0.25) is 0 Å². The predicted molar refractivity (Wildman–Crippen MR) is 74.5 cm³/mol. The minimum absolute atomic E-state index is 0.00682.